The highest BCUT2D eigenvalue weighted by atomic mass is 19.4. The Morgan fingerprint density at radius 1 is 0.878 bits per heavy atom. The molecule has 7 nitrogen and oxygen atoms in total. The fourth-order valence-electron chi connectivity index (χ4n) is 3.88. The number of rotatable bonds is 12. The Hall–Kier alpha value is -3.90. The van der Waals surface area contributed by atoms with Crippen LogP contribution in [0.5, 0.6) is 0 Å². The number of para-hydroxylation sites is 1. The molecule has 3 unspecified atom stereocenters. The molecule has 3 atom stereocenters. The molecular formula is C28H34F6N4O3. The number of carbonyl (C=O) groups is 3. The number of aliphatic imine (C=N–C) groups is 1. The molecular weight excluding hydrogens is 554 g/mol. The van der Waals surface area contributed by atoms with Crippen molar-refractivity contribution in [3.05, 3.63) is 66.2 Å². The SMILES string of the molecule is C/C(=N/C(C=O)NC(=O)C(CCC(F)(F)F)C(CCC(F)(F)F)C(N)=O)c1ccccc1N(C)C.c1ccccc1. The first kappa shape index (κ1) is 35.1. The van der Waals surface area contributed by atoms with Crippen LogP contribution in [0.4, 0.5) is 32.0 Å². The second-order valence-electron chi connectivity index (χ2n) is 9.29. The zero-order valence-electron chi connectivity index (χ0n) is 22.9. The molecule has 0 bridgehead atoms. The first-order valence-electron chi connectivity index (χ1n) is 12.6. The van der Waals surface area contributed by atoms with Crippen molar-refractivity contribution < 1.29 is 40.7 Å². The highest BCUT2D eigenvalue weighted by molar-refractivity contribution is 6.04. The third kappa shape index (κ3) is 13.8. The molecule has 0 aliphatic rings. The summed E-state index contributed by atoms with van der Waals surface area (Å²) in [6, 6.07) is 18.9. The summed E-state index contributed by atoms with van der Waals surface area (Å²) >= 11 is 0. The van der Waals surface area contributed by atoms with Crippen molar-refractivity contribution >= 4 is 29.5 Å². The number of nitrogens with two attached hydrogens (primary N) is 1. The Morgan fingerprint density at radius 3 is 1.76 bits per heavy atom. The van der Waals surface area contributed by atoms with Gasteiger partial charge in [-0.05, 0) is 25.8 Å². The molecule has 0 aliphatic carbocycles. The summed E-state index contributed by atoms with van der Waals surface area (Å²) < 4.78 is 76.4. The zero-order valence-corrected chi connectivity index (χ0v) is 22.9. The first-order valence-corrected chi connectivity index (χ1v) is 12.6. The number of amides is 2. The third-order valence-electron chi connectivity index (χ3n) is 5.86. The van der Waals surface area contributed by atoms with Crippen LogP contribution in [0.25, 0.3) is 0 Å². The molecule has 2 amide bonds. The largest absolute Gasteiger partial charge is 0.389 e. The van der Waals surface area contributed by atoms with Crippen molar-refractivity contribution in [1.29, 1.82) is 0 Å². The van der Waals surface area contributed by atoms with Crippen molar-refractivity contribution in [2.75, 3.05) is 19.0 Å². The van der Waals surface area contributed by atoms with Crippen molar-refractivity contribution in [2.45, 2.75) is 51.1 Å². The number of hydrogen-bond acceptors (Lipinski definition) is 5. The van der Waals surface area contributed by atoms with Gasteiger partial charge < -0.3 is 16.0 Å². The molecule has 0 saturated carbocycles. The maximum atomic E-state index is 12.8. The molecule has 0 spiro atoms. The van der Waals surface area contributed by atoms with Gasteiger partial charge in [0.25, 0.3) is 0 Å². The number of halogens is 6. The Morgan fingerprint density at radius 2 is 1.34 bits per heavy atom. The lowest BCUT2D eigenvalue weighted by molar-refractivity contribution is -0.152. The third-order valence-corrected chi connectivity index (χ3v) is 5.86. The molecule has 226 valence electrons. The van der Waals surface area contributed by atoms with E-state index < -0.39 is 67.9 Å². The van der Waals surface area contributed by atoms with E-state index in [-0.39, 0.29) is 6.29 Å². The summed E-state index contributed by atoms with van der Waals surface area (Å²) in [6.45, 7) is 1.54. The van der Waals surface area contributed by atoms with Crippen LogP contribution >= 0.6 is 0 Å². The number of nitrogens with zero attached hydrogens (tertiary/aromatic N) is 2. The summed E-state index contributed by atoms with van der Waals surface area (Å²) in [6.07, 6.45) is -15.8. The standard InChI is InChI=1S/C22H28F6N4O3.C6H6/c1-13(14-6-4-5-7-17(14)32(2)3)30-18(12-33)31-20(35)16(9-11-22(26,27)28)15(19(29)34)8-10-21(23,24)25;1-2-4-6-5-3-1/h4-7,12,15-16,18H,8-11H2,1-3H3,(H2,29,34)(H,31,35);1-6H/b30-13-;. The van der Waals surface area contributed by atoms with Crippen LogP contribution in [0.15, 0.2) is 65.7 Å². The summed E-state index contributed by atoms with van der Waals surface area (Å²) in [4.78, 5) is 42.0. The van der Waals surface area contributed by atoms with Crippen LogP contribution in [-0.4, -0.2) is 56.4 Å². The maximum absolute atomic E-state index is 12.8. The molecule has 0 radical (unpaired) electrons. The van der Waals surface area contributed by atoms with Crippen molar-refractivity contribution in [3.8, 4) is 0 Å². The van der Waals surface area contributed by atoms with Crippen LogP contribution in [0.2, 0.25) is 0 Å². The first-order chi connectivity index (χ1) is 19.1. The van der Waals surface area contributed by atoms with Gasteiger partial charge in [-0.15, -0.1) is 0 Å². The zero-order chi connectivity index (χ0) is 31.2. The average Bonchev–Trinajstić information content (AvgIpc) is 2.89. The number of anilines is 1. The van der Waals surface area contributed by atoms with Gasteiger partial charge in [-0.25, -0.2) is 0 Å². The molecule has 41 heavy (non-hydrogen) atoms. The lowest BCUT2D eigenvalue weighted by atomic mass is 9.83. The Bertz CT molecular complexity index is 1110. The minimum absolute atomic E-state index is 0.218. The molecule has 2 aromatic carbocycles. The molecule has 2 rings (SSSR count). The van der Waals surface area contributed by atoms with Crippen LogP contribution < -0.4 is 16.0 Å². The topological polar surface area (TPSA) is 105 Å². The smallest absolute Gasteiger partial charge is 0.377 e. The second kappa shape index (κ2) is 16.4. The minimum atomic E-state index is -4.74. The molecule has 0 aromatic heterocycles. The molecule has 0 aliphatic heterocycles. The van der Waals surface area contributed by atoms with Gasteiger partial charge in [0.1, 0.15) is 0 Å². The van der Waals surface area contributed by atoms with Gasteiger partial charge in [0.2, 0.25) is 11.8 Å². The van der Waals surface area contributed by atoms with E-state index in [9.17, 15) is 40.7 Å². The van der Waals surface area contributed by atoms with Crippen molar-refractivity contribution in [3.63, 3.8) is 0 Å². The van der Waals surface area contributed by atoms with Crippen LogP contribution in [0, 0.1) is 11.8 Å². The molecule has 2 aromatic rings. The molecule has 0 saturated heterocycles. The Balaban J connectivity index is 0.00000123. The Kier molecular flexibility index (Phi) is 14.0. The fourth-order valence-corrected chi connectivity index (χ4v) is 3.88. The minimum Gasteiger partial charge on any atom is -0.377 e. The fraction of sp³-hybridized carbons (Fsp3) is 0.429. The quantitative estimate of drug-likeness (QED) is 0.200. The second-order valence-corrected chi connectivity index (χ2v) is 9.29. The van der Waals surface area contributed by atoms with Gasteiger partial charge in [-0.3, -0.25) is 19.4 Å². The predicted octanol–water partition coefficient (Wildman–Crippen LogP) is 5.29. The van der Waals surface area contributed by atoms with Gasteiger partial charge >= 0.3 is 12.4 Å². The van der Waals surface area contributed by atoms with Gasteiger partial charge in [0, 0.05) is 55.7 Å². The molecule has 13 heteroatoms. The summed E-state index contributed by atoms with van der Waals surface area (Å²) in [7, 11) is 3.53. The van der Waals surface area contributed by atoms with E-state index in [0.29, 0.717) is 11.3 Å². The summed E-state index contributed by atoms with van der Waals surface area (Å²) in [5.41, 5.74) is 6.78. The molecule has 0 fully saturated rings. The van der Waals surface area contributed by atoms with Crippen LogP contribution in [0.1, 0.15) is 38.2 Å². The number of aldehydes is 1. The van der Waals surface area contributed by atoms with E-state index in [0.717, 1.165) is 5.69 Å². The highest BCUT2D eigenvalue weighted by Crippen LogP contribution is 2.32. The van der Waals surface area contributed by atoms with E-state index >= 15 is 0 Å². The van der Waals surface area contributed by atoms with Crippen molar-refractivity contribution in [1.82, 2.24) is 5.32 Å². The van der Waals surface area contributed by atoms with Crippen molar-refractivity contribution in [2.24, 2.45) is 22.6 Å². The van der Waals surface area contributed by atoms with Gasteiger partial charge in [0.15, 0.2) is 12.5 Å². The number of hydrogen-bond donors (Lipinski definition) is 2. The van der Waals surface area contributed by atoms with E-state index in [1.807, 2.05) is 36.4 Å². The number of alkyl halides is 6. The van der Waals surface area contributed by atoms with Crippen LogP contribution in [-0.2, 0) is 14.4 Å². The molecule has 0 heterocycles. The van der Waals surface area contributed by atoms with Crippen LogP contribution in [0.3, 0.4) is 0 Å². The summed E-state index contributed by atoms with van der Waals surface area (Å²) in [5.74, 6) is -6.25. The van der Waals surface area contributed by atoms with Gasteiger partial charge in [-0.1, -0.05) is 54.6 Å². The number of carbonyl (C=O) groups excluding carboxylic acids is 3. The van der Waals surface area contributed by atoms with E-state index in [1.54, 1.807) is 50.2 Å². The Labute approximate surface area is 234 Å². The normalized spacial score (nSPS) is 14.1. The number of primary amides is 1. The maximum Gasteiger partial charge on any atom is 0.389 e. The average molecular weight is 589 g/mol. The highest BCUT2D eigenvalue weighted by Gasteiger charge is 2.39. The molecule has 3 N–H and O–H groups in total. The summed E-state index contributed by atoms with van der Waals surface area (Å²) in [5, 5.41) is 2.12. The lowest BCUT2D eigenvalue weighted by Crippen LogP contribution is -2.45. The van der Waals surface area contributed by atoms with E-state index in [1.165, 1.54) is 0 Å². The van der Waals surface area contributed by atoms with Gasteiger partial charge in [0.05, 0.1) is 0 Å². The monoisotopic (exact) mass is 588 g/mol. The van der Waals surface area contributed by atoms with Gasteiger partial charge in [-0.2, -0.15) is 26.3 Å². The number of nitrogens with one attached hydrogen (secondary N) is 1. The van der Waals surface area contributed by atoms with E-state index in [4.69, 9.17) is 5.73 Å². The lowest BCUT2D eigenvalue weighted by Gasteiger charge is -2.26. The van der Waals surface area contributed by atoms with E-state index in [2.05, 4.69) is 10.3 Å². The number of benzene rings is 2. The predicted molar refractivity (Wildman–Crippen MR) is 144 cm³/mol.